The number of aromatic nitrogens is 1. The summed E-state index contributed by atoms with van der Waals surface area (Å²) in [5.41, 5.74) is 8.06. The van der Waals surface area contributed by atoms with E-state index < -0.39 is 6.04 Å². The van der Waals surface area contributed by atoms with Crippen LogP contribution in [0.15, 0.2) is 6.07 Å². The van der Waals surface area contributed by atoms with Gasteiger partial charge in [-0.15, -0.1) is 0 Å². The Bertz CT molecular complexity index is 600. The second-order valence-electron chi connectivity index (χ2n) is 4.82. The third-order valence-corrected chi connectivity index (χ3v) is 3.35. The van der Waals surface area contributed by atoms with Crippen LogP contribution in [0.3, 0.4) is 0 Å². The lowest BCUT2D eigenvalue weighted by atomic mass is 10.0. The fraction of sp³-hybridized carbons (Fsp3) is 0.385. The van der Waals surface area contributed by atoms with E-state index in [0.717, 1.165) is 11.3 Å². The number of piperidine rings is 1. The Hall–Kier alpha value is -2.02. The van der Waals surface area contributed by atoms with E-state index >= 15 is 0 Å². The van der Waals surface area contributed by atoms with Crippen LogP contribution in [0.4, 0.5) is 5.82 Å². The van der Waals surface area contributed by atoms with Crippen molar-refractivity contribution in [2.45, 2.75) is 32.7 Å². The van der Waals surface area contributed by atoms with E-state index in [2.05, 4.69) is 15.6 Å². The summed E-state index contributed by atoms with van der Waals surface area (Å²) < 4.78 is 0. The number of hydrogen-bond acceptors (Lipinski definition) is 5. The molecule has 1 fully saturated rings. The number of imide groups is 1. The number of rotatable bonds is 3. The number of carbonyl (C=O) groups excluding carboxylic acids is 2. The number of aryl methyl sites for hydroxylation is 2. The lowest BCUT2D eigenvalue weighted by molar-refractivity contribution is -0.133. The van der Waals surface area contributed by atoms with Gasteiger partial charge in [-0.3, -0.25) is 14.9 Å². The van der Waals surface area contributed by atoms with Crippen LogP contribution in [0.2, 0.25) is 0 Å². The number of pyridine rings is 1. The summed E-state index contributed by atoms with van der Waals surface area (Å²) in [6.07, 6.45) is 0.729. The maximum Gasteiger partial charge on any atom is 0.249 e. The van der Waals surface area contributed by atoms with E-state index in [1.807, 2.05) is 19.9 Å². The van der Waals surface area contributed by atoms with Crippen LogP contribution in [0.1, 0.15) is 29.7 Å². The third-order valence-electron chi connectivity index (χ3n) is 3.14. The lowest BCUT2D eigenvalue weighted by Crippen LogP contribution is -2.47. The summed E-state index contributed by atoms with van der Waals surface area (Å²) in [6.45, 7) is 3.74. The average Bonchev–Trinajstić information content (AvgIpc) is 2.31. The maximum atomic E-state index is 11.8. The molecule has 2 heterocycles. The molecule has 1 aromatic heterocycles. The summed E-state index contributed by atoms with van der Waals surface area (Å²) in [7, 11) is 0. The van der Waals surface area contributed by atoms with Gasteiger partial charge in [0, 0.05) is 12.1 Å². The zero-order valence-electron chi connectivity index (χ0n) is 11.3. The molecule has 2 amide bonds. The number of nitrogens with one attached hydrogen (secondary N) is 2. The molecule has 1 unspecified atom stereocenters. The second kappa shape index (κ2) is 5.54. The second-order valence-corrected chi connectivity index (χ2v) is 5.26. The summed E-state index contributed by atoms with van der Waals surface area (Å²) in [6, 6.07) is 1.37. The van der Waals surface area contributed by atoms with E-state index in [0.29, 0.717) is 24.2 Å². The van der Waals surface area contributed by atoms with Crippen LogP contribution >= 0.6 is 12.2 Å². The van der Waals surface area contributed by atoms with Gasteiger partial charge in [0.15, 0.2) is 0 Å². The number of hydrogen-bond donors (Lipinski definition) is 3. The molecule has 1 aromatic rings. The number of amides is 2. The molecule has 1 aliphatic heterocycles. The molecule has 0 spiro atoms. The smallest absolute Gasteiger partial charge is 0.249 e. The molecule has 0 saturated carbocycles. The molecule has 20 heavy (non-hydrogen) atoms. The van der Waals surface area contributed by atoms with E-state index in [1.165, 1.54) is 0 Å². The highest BCUT2D eigenvalue weighted by molar-refractivity contribution is 7.80. The lowest BCUT2D eigenvalue weighted by Gasteiger charge is -2.24. The van der Waals surface area contributed by atoms with Crippen molar-refractivity contribution < 1.29 is 9.59 Å². The summed E-state index contributed by atoms with van der Waals surface area (Å²) >= 11 is 5.04. The first-order valence-corrected chi connectivity index (χ1v) is 6.67. The van der Waals surface area contributed by atoms with Crippen LogP contribution in [0.25, 0.3) is 0 Å². The topological polar surface area (TPSA) is 97.1 Å². The van der Waals surface area contributed by atoms with Gasteiger partial charge in [-0.1, -0.05) is 12.2 Å². The fourth-order valence-corrected chi connectivity index (χ4v) is 2.51. The standard InChI is InChI=1S/C13H16N4O2S/c1-6-5-7(2)15-12(10(6)11(14)20)16-8-3-4-9(18)17-13(8)19/h5,8H,3-4H2,1-2H3,(H2,14,20)(H,15,16)(H,17,18,19). The van der Waals surface area contributed by atoms with Crippen molar-refractivity contribution >= 4 is 34.8 Å². The molecular formula is C13H16N4O2S. The van der Waals surface area contributed by atoms with Crippen LogP contribution < -0.4 is 16.4 Å². The zero-order valence-corrected chi connectivity index (χ0v) is 12.1. The van der Waals surface area contributed by atoms with Crippen LogP contribution in [0.5, 0.6) is 0 Å². The summed E-state index contributed by atoms with van der Waals surface area (Å²) in [5, 5.41) is 5.34. The van der Waals surface area contributed by atoms with Crippen molar-refractivity contribution in [2.75, 3.05) is 5.32 Å². The van der Waals surface area contributed by atoms with Gasteiger partial charge in [0.05, 0.1) is 5.56 Å². The van der Waals surface area contributed by atoms with Crippen molar-refractivity contribution in [3.05, 3.63) is 22.9 Å². The van der Waals surface area contributed by atoms with Gasteiger partial charge in [-0.05, 0) is 31.9 Å². The van der Waals surface area contributed by atoms with E-state index in [4.69, 9.17) is 18.0 Å². The molecule has 0 aliphatic carbocycles. The molecular weight excluding hydrogens is 276 g/mol. The fourth-order valence-electron chi connectivity index (χ4n) is 2.25. The summed E-state index contributed by atoms with van der Waals surface area (Å²) in [5.74, 6) is -0.114. The van der Waals surface area contributed by atoms with Crippen molar-refractivity contribution in [3.8, 4) is 0 Å². The van der Waals surface area contributed by atoms with Gasteiger partial charge >= 0.3 is 0 Å². The normalized spacial score (nSPS) is 18.6. The molecule has 0 radical (unpaired) electrons. The van der Waals surface area contributed by atoms with Gasteiger partial charge < -0.3 is 11.1 Å². The quantitative estimate of drug-likeness (QED) is 0.556. The van der Waals surface area contributed by atoms with Crippen molar-refractivity contribution in [1.29, 1.82) is 0 Å². The maximum absolute atomic E-state index is 11.8. The zero-order chi connectivity index (χ0) is 14.9. The number of thiocarbonyl (C=S) groups is 1. The summed E-state index contributed by atoms with van der Waals surface area (Å²) in [4.78, 5) is 27.5. The number of nitrogens with zero attached hydrogens (tertiary/aromatic N) is 1. The number of nitrogens with two attached hydrogens (primary N) is 1. The molecule has 106 valence electrons. The molecule has 7 heteroatoms. The molecule has 2 rings (SSSR count). The Morgan fingerprint density at radius 1 is 1.50 bits per heavy atom. The van der Waals surface area contributed by atoms with E-state index in [1.54, 1.807) is 0 Å². The average molecular weight is 292 g/mol. The van der Waals surface area contributed by atoms with Crippen molar-refractivity contribution in [1.82, 2.24) is 10.3 Å². The SMILES string of the molecule is Cc1cc(C)c(C(N)=S)c(NC2CCC(=O)NC2=O)n1. The monoisotopic (exact) mass is 292 g/mol. The van der Waals surface area contributed by atoms with Gasteiger partial charge in [0.1, 0.15) is 16.8 Å². The van der Waals surface area contributed by atoms with Crippen LogP contribution in [-0.4, -0.2) is 27.8 Å². The van der Waals surface area contributed by atoms with Gasteiger partial charge in [-0.25, -0.2) is 4.98 Å². The van der Waals surface area contributed by atoms with Gasteiger partial charge in [0.2, 0.25) is 11.8 Å². The minimum Gasteiger partial charge on any atom is -0.389 e. The number of carbonyl (C=O) groups is 2. The Morgan fingerprint density at radius 3 is 2.80 bits per heavy atom. The predicted octanol–water partition coefficient (Wildman–Crippen LogP) is 0.550. The largest absolute Gasteiger partial charge is 0.389 e. The minimum absolute atomic E-state index is 0.227. The molecule has 0 aromatic carbocycles. The van der Waals surface area contributed by atoms with Gasteiger partial charge in [0.25, 0.3) is 0 Å². The first-order valence-electron chi connectivity index (χ1n) is 6.26. The molecule has 6 nitrogen and oxygen atoms in total. The van der Waals surface area contributed by atoms with Crippen molar-refractivity contribution in [2.24, 2.45) is 5.73 Å². The number of anilines is 1. The highest BCUT2D eigenvalue weighted by Crippen LogP contribution is 2.21. The molecule has 1 saturated heterocycles. The Balaban J connectivity index is 2.31. The Labute approximate surface area is 122 Å². The molecule has 1 aliphatic rings. The first-order chi connectivity index (χ1) is 9.38. The Kier molecular flexibility index (Phi) is 3.99. The highest BCUT2D eigenvalue weighted by atomic mass is 32.1. The minimum atomic E-state index is -0.505. The van der Waals surface area contributed by atoms with E-state index in [9.17, 15) is 9.59 Å². The predicted molar refractivity (Wildman–Crippen MR) is 79.4 cm³/mol. The van der Waals surface area contributed by atoms with Crippen LogP contribution in [-0.2, 0) is 9.59 Å². The van der Waals surface area contributed by atoms with Crippen molar-refractivity contribution in [3.63, 3.8) is 0 Å². The Morgan fingerprint density at radius 2 is 2.20 bits per heavy atom. The molecule has 1 atom stereocenters. The van der Waals surface area contributed by atoms with E-state index in [-0.39, 0.29) is 16.8 Å². The molecule has 0 bridgehead atoms. The van der Waals surface area contributed by atoms with Crippen LogP contribution in [0, 0.1) is 13.8 Å². The third kappa shape index (κ3) is 2.93. The molecule has 4 N–H and O–H groups in total. The highest BCUT2D eigenvalue weighted by Gasteiger charge is 2.27. The first kappa shape index (κ1) is 14.4. The van der Waals surface area contributed by atoms with Gasteiger partial charge in [-0.2, -0.15) is 0 Å².